The number of anilines is 2. The fraction of sp³-hybridized carbons (Fsp3) is 0. The highest BCUT2D eigenvalue weighted by Crippen LogP contribution is 2.12. The van der Waals surface area contributed by atoms with Crippen LogP contribution in [-0.4, -0.2) is 23.1 Å². The lowest BCUT2D eigenvalue weighted by Crippen LogP contribution is -2.20. The second-order valence-corrected chi connectivity index (χ2v) is 6.07. The topological polar surface area (TPSA) is 126 Å². The van der Waals surface area contributed by atoms with E-state index in [0.29, 0.717) is 22.5 Å². The van der Waals surface area contributed by atoms with Gasteiger partial charge in [0.25, 0.3) is 11.6 Å². The van der Waals surface area contributed by atoms with Crippen molar-refractivity contribution in [1.82, 2.24) is 5.43 Å². The number of non-ortho nitro benzene ring substituents is 1. The van der Waals surface area contributed by atoms with E-state index in [0.717, 1.165) is 0 Å². The Labute approximate surface area is 171 Å². The molecule has 30 heavy (non-hydrogen) atoms. The molecule has 0 aliphatic heterocycles. The molecular weight excluding hydrogens is 386 g/mol. The first-order valence-corrected chi connectivity index (χ1v) is 8.82. The number of para-hydroxylation sites is 1. The van der Waals surface area contributed by atoms with Crippen molar-refractivity contribution < 1.29 is 14.5 Å². The van der Waals surface area contributed by atoms with Crippen LogP contribution in [0.4, 0.5) is 21.9 Å². The molecule has 0 unspecified atom stereocenters. The maximum absolute atomic E-state index is 12.1. The molecule has 150 valence electrons. The van der Waals surface area contributed by atoms with Gasteiger partial charge in [-0.1, -0.05) is 18.2 Å². The number of carbonyl (C=O) groups excluding carboxylic acids is 2. The molecule has 0 heterocycles. The number of hydrogen-bond donors (Lipinski definition) is 3. The third-order valence-electron chi connectivity index (χ3n) is 3.92. The largest absolute Gasteiger partial charge is 0.323 e. The van der Waals surface area contributed by atoms with Crippen molar-refractivity contribution in [2.24, 2.45) is 5.10 Å². The van der Waals surface area contributed by atoms with E-state index in [2.05, 4.69) is 21.2 Å². The van der Waals surface area contributed by atoms with E-state index < -0.39 is 16.9 Å². The maximum Gasteiger partial charge on any atom is 0.323 e. The molecule has 0 atom stereocenters. The summed E-state index contributed by atoms with van der Waals surface area (Å²) >= 11 is 0. The van der Waals surface area contributed by atoms with E-state index >= 15 is 0 Å². The Kier molecular flexibility index (Phi) is 6.47. The minimum Gasteiger partial charge on any atom is -0.308 e. The first kappa shape index (κ1) is 20.2. The van der Waals surface area contributed by atoms with Crippen LogP contribution in [0.5, 0.6) is 0 Å². The molecule has 0 radical (unpaired) electrons. The van der Waals surface area contributed by atoms with E-state index in [1.54, 1.807) is 36.4 Å². The van der Waals surface area contributed by atoms with Gasteiger partial charge < -0.3 is 10.6 Å². The molecule has 0 spiro atoms. The molecule has 9 heteroatoms. The molecule has 3 aromatic carbocycles. The Hall–Kier alpha value is -4.53. The lowest BCUT2D eigenvalue weighted by atomic mass is 10.2. The van der Waals surface area contributed by atoms with Crippen LogP contribution < -0.4 is 16.1 Å². The number of hydrogen-bond acceptors (Lipinski definition) is 5. The fourth-order valence-electron chi connectivity index (χ4n) is 2.43. The quantitative estimate of drug-likeness (QED) is 0.327. The summed E-state index contributed by atoms with van der Waals surface area (Å²) in [7, 11) is 0. The number of rotatable bonds is 6. The van der Waals surface area contributed by atoms with E-state index in [4.69, 9.17) is 0 Å². The van der Waals surface area contributed by atoms with Gasteiger partial charge in [-0.25, -0.2) is 10.2 Å². The van der Waals surface area contributed by atoms with Gasteiger partial charge in [0.05, 0.1) is 11.1 Å². The van der Waals surface area contributed by atoms with E-state index in [1.807, 2.05) is 18.2 Å². The lowest BCUT2D eigenvalue weighted by molar-refractivity contribution is -0.384. The summed E-state index contributed by atoms with van der Waals surface area (Å²) in [6.07, 6.45) is 1.38. The molecule has 3 N–H and O–H groups in total. The van der Waals surface area contributed by atoms with Crippen molar-refractivity contribution in [2.45, 2.75) is 0 Å². The Bertz CT molecular complexity index is 1060. The highest BCUT2D eigenvalue weighted by atomic mass is 16.6. The predicted molar refractivity (Wildman–Crippen MR) is 114 cm³/mol. The summed E-state index contributed by atoms with van der Waals surface area (Å²) in [5.74, 6) is -0.437. The molecule has 0 aromatic heterocycles. The van der Waals surface area contributed by atoms with Gasteiger partial charge in [-0.15, -0.1) is 0 Å². The zero-order chi connectivity index (χ0) is 21.3. The number of nitrogens with zero attached hydrogens (tertiary/aromatic N) is 2. The van der Waals surface area contributed by atoms with Gasteiger partial charge in [0.1, 0.15) is 0 Å². The number of benzene rings is 3. The Balaban J connectivity index is 1.51. The summed E-state index contributed by atoms with van der Waals surface area (Å²) in [5.41, 5.74) is 4.49. The van der Waals surface area contributed by atoms with Crippen molar-refractivity contribution in [2.75, 3.05) is 10.6 Å². The van der Waals surface area contributed by atoms with Gasteiger partial charge in [0, 0.05) is 29.1 Å². The van der Waals surface area contributed by atoms with E-state index in [-0.39, 0.29) is 5.69 Å². The Morgan fingerprint density at radius 1 is 0.833 bits per heavy atom. The number of carbonyl (C=O) groups is 2. The molecule has 9 nitrogen and oxygen atoms in total. The second-order valence-electron chi connectivity index (χ2n) is 6.07. The van der Waals surface area contributed by atoms with Crippen molar-refractivity contribution in [3.63, 3.8) is 0 Å². The normalized spacial score (nSPS) is 10.4. The third-order valence-corrected chi connectivity index (χ3v) is 3.92. The van der Waals surface area contributed by atoms with Crippen LogP contribution in [0.2, 0.25) is 0 Å². The molecule has 3 aromatic rings. The van der Waals surface area contributed by atoms with Crippen molar-refractivity contribution in [1.29, 1.82) is 0 Å². The molecular formula is C21H17N5O4. The number of hydrazone groups is 1. The summed E-state index contributed by atoms with van der Waals surface area (Å²) in [6.45, 7) is 0. The van der Waals surface area contributed by atoms with Crippen LogP contribution in [0, 0.1) is 10.1 Å². The maximum atomic E-state index is 12.1. The summed E-state index contributed by atoms with van der Waals surface area (Å²) in [4.78, 5) is 34.2. The van der Waals surface area contributed by atoms with Crippen LogP contribution in [0.3, 0.4) is 0 Å². The highest BCUT2D eigenvalue weighted by Gasteiger charge is 2.07. The third kappa shape index (κ3) is 5.73. The van der Waals surface area contributed by atoms with Crippen LogP contribution >= 0.6 is 0 Å². The molecule has 0 aliphatic rings. The van der Waals surface area contributed by atoms with Gasteiger partial charge in [0.15, 0.2) is 0 Å². The summed E-state index contributed by atoms with van der Waals surface area (Å²) in [5, 5.41) is 19.8. The predicted octanol–water partition coefficient (Wildman–Crippen LogP) is 4.00. The summed E-state index contributed by atoms with van der Waals surface area (Å²) < 4.78 is 0. The number of urea groups is 1. The molecule has 0 fully saturated rings. The minimum atomic E-state index is -0.494. The Morgan fingerprint density at radius 2 is 1.43 bits per heavy atom. The fourth-order valence-corrected chi connectivity index (χ4v) is 2.43. The zero-order valence-electron chi connectivity index (χ0n) is 15.6. The van der Waals surface area contributed by atoms with Gasteiger partial charge in [-0.05, 0) is 54.1 Å². The molecule has 3 amide bonds. The first-order chi connectivity index (χ1) is 14.5. The molecule has 0 saturated carbocycles. The molecule has 0 aliphatic carbocycles. The minimum absolute atomic E-state index is 0.0256. The number of amides is 3. The standard InChI is InChI=1S/C21H17N5O4/c27-20(25-22-14-15-6-12-19(13-7-15)26(29)30)16-8-10-18(11-9-16)24-21(28)23-17-4-2-1-3-5-17/h1-14H,(H,25,27)(H2,23,24,28)/b22-14-. The second kappa shape index (κ2) is 9.60. The van der Waals surface area contributed by atoms with E-state index in [1.165, 1.54) is 30.5 Å². The average molecular weight is 403 g/mol. The number of nitro benzene ring substituents is 1. The number of nitrogens with one attached hydrogen (secondary N) is 3. The monoisotopic (exact) mass is 403 g/mol. The number of nitro groups is 1. The Morgan fingerprint density at radius 3 is 2.03 bits per heavy atom. The van der Waals surface area contributed by atoms with Crippen LogP contribution in [0.1, 0.15) is 15.9 Å². The smallest absolute Gasteiger partial charge is 0.308 e. The average Bonchev–Trinajstić information content (AvgIpc) is 2.75. The SMILES string of the molecule is O=C(Nc1ccccc1)Nc1ccc(C(=O)N/N=C\c2ccc([N+](=O)[O-])cc2)cc1. The van der Waals surface area contributed by atoms with Gasteiger partial charge in [-0.3, -0.25) is 14.9 Å². The van der Waals surface area contributed by atoms with Crippen molar-refractivity contribution >= 4 is 35.2 Å². The highest BCUT2D eigenvalue weighted by molar-refractivity contribution is 6.00. The zero-order valence-corrected chi connectivity index (χ0v) is 15.6. The van der Waals surface area contributed by atoms with Gasteiger partial charge >= 0.3 is 6.03 Å². The van der Waals surface area contributed by atoms with Crippen LogP contribution in [0.25, 0.3) is 0 Å². The van der Waals surface area contributed by atoms with Gasteiger partial charge in [0.2, 0.25) is 0 Å². The van der Waals surface area contributed by atoms with Crippen LogP contribution in [0.15, 0.2) is 84.0 Å². The van der Waals surface area contributed by atoms with Crippen LogP contribution in [-0.2, 0) is 0 Å². The lowest BCUT2D eigenvalue weighted by Gasteiger charge is -2.08. The van der Waals surface area contributed by atoms with E-state index in [9.17, 15) is 19.7 Å². The first-order valence-electron chi connectivity index (χ1n) is 8.82. The van der Waals surface area contributed by atoms with Crippen molar-refractivity contribution in [3.8, 4) is 0 Å². The van der Waals surface area contributed by atoms with Gasteiger partial charge in [-0.2, -0.15) is 5.10 Å². The molecule has 0 saturated heterocycles. The van der Waals surface area contributed by atoms with Crippen molar-refractivity contribution in [3.05, 3.63) is 100 Å². The summed E-state index contributed by atoms with van der Waals surface area (Å²) in [6, 6.07) is 20.7. The molecule has 0 bridgehead atoms. The molecule has 3 rings (SSSR count).